The Labute approximate surface area is 162 Å². The van der Waals surface area contributed by atoms with Crippen molar-refractivity contribution >= 4 is 11.8 Å². The largest absolute Gasteiger partial charge is 0.352 e. The van der Waals surface area contributed by atoms with Crippen molar-refractivity contribution in [2.24, 2.45) is 5.92 Å². The minimum absolute atomic E-state index is 0.0196. The second-order valence-electron chi connectivity index (χ2n) is 6.68. The van der Waals surface area contributed by atoms with Gasteiger partial charge < -0.3 is 10.2 Å². The van der Waals surface area contributed by atoms with Crippen molar-refractivity contribution in [1.82, 2.24) is 30.0 Å². The van der Waals surface area contributed by atoms with Crippen LogP contribution in [0.4, 0.5) is 0 Å². The van der Waals surface area contributed by atoms with E-state index >= 15 is 0 Å². The molecule has 1 aliphatic rings. The Morgan fingerprint density at radius 1 is 1.18 bits per heavy atom. The number of nitrogens with one attached hydrogen (secondary N) is 1. The molecule has 3 heterocycles. The Morgan fingerprint density at radius 3 is 2.82 bits per heavy atom. The highest BCUT2D eigenvalue weighted by atomic mass is 16.2. The van der Waals surface area contributed by atoms with Crippen LogP contribution in [0.15, 0.2) is 61.3 Å². The van der Waals surface area contributed by atoms with E-state index < -0.39 is 0 Å². The van der Waals surface area contributed by atoms with Crippen LogP contribution in [0.25, 0.3) is 5.69 Å². The van der Waals surface area contributed by atoms with Crippen LogP contribution in [0.2, 0.25) is 0 Å². The monoisotopic (exact) mass is 376 g/mol. The first-order valence-electron chi connectivity index (χ1n) is 9.09. The standard InChI is InChI=1S/C20H20N6O2/c27-19-9-16(11-25(19)12-17-6-3-4-8-22-17)20(28)23-10-15-5-1-2-7-18(15)26-14-21-13-24-26/h1-8,13-14,16H,9-12H2,(H,23,28)/t16-/m0/s1. The maximum atomic E-state index is 12.6. The van der Waals surface area contributed by atoms with Crippen LogP contribution in [-0.4, -0.2) is 43.0 Å². The van der Waals surface area contributed by atoms with E-state index in [-0.39, 0.29) is 24.2 Å². The summed E-state index contributed by atoms with van der Waals surface area (Å²) in [6.07, 6.45) is 5.01. The van der Waals surface area contributed by atoms with Crippen molar-refractivity contribution in [3.8, 4) is 5.69 Å². The summed E-state index contributed by atoms with van der Waals surface area (Å²) < 4.78 is 1.66. The third kappa shape index (κ3) is 3.90. The second-order valence-corrected chi connectivity index (χ2v) is 6.68. The topological polar surface area (TPSA) is 93.0 Å². The fourth-order valence-corrected chi connectivity index (χ4v) is 3.33. The third-order valence-electron chi connectivity index (χ3n) is 4.77. The van der Waals surface area contributed by atoms with Crippen molar-refractivity contribution in [2.45, 2.75) is 19.5 Å². The number of amides is 2. The number of rotatable bonds is 6. The lowest BCUT2D eigenvalue weighted by Crippen LogP contribution is -2.32. The Kier molecular flexibility index (Phi) is 5.09. The molecule has 142 valence electrons. The van der Waals surface area contributed by atoms with Crippen LogP contribution in [0.5, 0.6) is 0 Å². The number of benzene rings is 1. The molecule has 4 rings (SSSR count). The summed E-state index contributed by atoms with van der Waals surface area (Å²) in [6, 6.07) is 13.3. The first-order valence-corrected chi connectivity index (χ1v) is 9.09. The lowest BCUT2D eigenvalue weighted by atomic mass is 10.1. The molecule has 0 bridgehead atoms. The lowest BCUT2D eigenvalue weighted by molar-refractivity contribution is -0.129. The number of hydrogen-bond donors (Lipinski definition) is 1. The molecule has 1 N–H and O–H groups in total. The fourth-order valence-electron chi connectivity index (χ4n) is 3.33. The summed E-state index contributed by atoms with van der Waals surface area (Å²) in [5.41, 5.74) is 2.61. The van der Waals surface area contributed by atoms with Crippen molar-refractivity contribution in [2.75, 3.05) is 6.54 Å². The van der Waals surface area contributed by atoms with Gasteiger partial charge >= 0.3 is 0 Å². The van der Waals surface area contributed by atoms with E-state index in [0.29, 0.717) is 19.6 Å². The normalized spacial score (nSPS) is 16.4. The molecule has 0 unspecified atom stereocenters. The van der Waals surface area contributed by atoms with Crippen LogP contribution < -0.4 is 5.32 Å². The quantitative estimate of drug-likeness (QED) is 0.701. The highest BCUT2D eigenvalue weighted by Crippen LogP contribution is 2.20. The molecule has 3 aromatic rings. The number of hydrogen-bond acceptors (Lipinski definition) is 5. The molecule has 0 saturated carbocycles. The summed E-state index contributed by atoms with van der Waals surface area (Å²) in [4.78, 5) is 34.8. The number of aromatic nitrogens is 4. The molecule has 0 aliphatic carbocycles. The van der Waals surface area contributed by atoms with Gasteiger partial charge in [0.1, 0.15) is 12.7 Å². The van der Waals surface area contributed by atoms with Gasteiger partial charge in [0.25, 0.3) is 0 Å². The Morgan fingerprint density at radius 2 is 2.04 bits per heavy atom. The van der Waals surface area contributed by atoms with E-state index in [0.717, 1.165) is 16.9 Å². The summed E-state index contributed by atoms with van der Waals surface area (Å²) in [7, 11) is 0. The van der Waals surface area contributed by atoms with Gasteiger partial charge in [-0.15, -0.1) is 0 Å². The van der Waals surface area contributed by atoms with Gasteiger partial charge in [-0.2, -0.15) is 5.10 Å². The van der Waals surface area contributed by atoms with E-state index in [1.165, 1.54) is 6.33 Å². The average Bonchev–Trinajstić information content (AvgIpc) is 3.38. The van der Waals surface area contributed by atoms with E-state index in [1.54, 1.807) is 22.1 Å². The fraction of sp³-hybridized carbons (Fsp3) is 0.250. The summed E-state index contributed by atoms with van der Waals surface area (Å²) >= 11 is 0. The number of carbonyl (C=O) groups excluding carboxylic acids is 2. The van der Waals surface area contributed by atoms with Gasteiger partial charge in [-0.1, -0.05) is 24.3 Å². The molecular weight excluding hydrogens is 356 g/mol. The number of carbonyl (C=O) groups is 2. The molecule has 1 aliphatic heterocycles. The van der Waals surface area contributed by atoms with Crippen LogP contribution in [0.3, 0.4) is 0 Å². The number of likely N-dealkylation sites (tertiary alicyclic amines) is 1. The molecule has 8 nitrogen and oxygen atoms in total. The van der Waals surface area contributed by atoms with Crippen molar-refractivity contribution in [3.05, 3.63) is 72.6 Å². The van der Waals surface area contributed by atoms with E-state index in [9.17, 15) is 9.59 Å². The molecule has 0 radical (unpaired) electrons. The van der Waals surface area contributed by atoms with E-state index in [2.05, 4.69) is 20.4 Å². The second kappa shape index (κ2) is 7.99. The molecule has 2 amide bonds. The average molecular weight is 376 g/mol. The third-order valence-corrected chi connectivity index (χ3v) is 4.77. The van der Waals surface area contributed by atoms with Crippen LogP contribution in [-0.2, 0) is 22.7 Å². The van der Waals surface area contributed by atoms with E-state index in [1.807, 2.05) is 42.5 Å². The van der Waals surface area contributed by atoms with Crippen LogP contribution in [0, 0.1) is 5.92 Å². The van der Waals surface area contributed by atoms with Gasteiger partial charge in [-0.05, 0) is 23.8 Å². The summed E-state index contributed by atoms with van der Waals surface area (Å²) in [6.45, 7) is 1.20. The maximum Gasteiger partial charge on any atom is 0.225 e. The lowest BCUT2D eigenvalue weighted by Gasteiger charge is -2.16. The molecule has 2 aromatic heterocycles. The summed E-state index contributed by atoms with van der Waals surface area (Å²) in [5.74, 6) is -0.492. The highest BCUT2D eigenvalue weighted by Gasteiger charge is 2.34. The predicted octanol–water partition coefficient (Wildman–Crippen LogP) is 1.33. The van der Waals surface area contributed by atoms with Crippen LogP contribution >= 0.6 is 0 Å². The summed E-state index contributed by atoms with van der Waals surface area (Å²) in [5, 5.41) is 7.10. The SMILES string of the molecule is O=C(NCc1ccccc1-n1cncn1)[C@H]1CC(=O)N(Cc2ccccn2)C1. The van der Waals surface area contributed by atoms with Gasteiger partial charge in [0.15, 0.2) is 0 Å². The van der Waals surface area contributed by atoms with E-state index in [4.69, 9.17) is 0 Å². The smallest absolute Gasteiger partial charge is 0.225 e. The highest BCUT2D eigenvalue weighted by molar-refractivity contribution is 5.89. The predicted molar refractivity (Wildman–Crippen MR) is 101 cm³/mol. The Bertz CT molecular complexity index is 958. The molecule has 1 saturated heterocycles. The van der Waals surface area contributed by atoms with Gasteiger partial charge in [0.2, 0.25) is 11.8 Å². The first-order chi connectivity index (χ1) is 13.7. The molecule has 28 heavy (non-hydrogen) atoms. The van der Waals surface area contributed by atoms with Crippen molar-refractivity contribution in [1.29, 1.82) is 0 Å². The molecule has 1 aromatic carbocycles. The zero-order valence-corrected chi connectivity index (χ0v) is 15.2. The minimum atomic E-state index is -0.352. The number of nitrogens with zero attached hydrogens (tertiary/aromatic N) is 5. The van der Waals surface area contributed by atoms with Crippen LogP contribution in [0.1, 0.15) is 17.7 Å². The minimum Gasteiger partial charge on any atom is -0.352 e. The Balaban J connectivity index is 1.37. The van der Waals surface area contributed by atoms with Crippen molar-refractivity contribution < 1.29 is 9.59 Å². The number of para-hydroxylation sites is 1. The van der Waals surface area contributed by atoms with Gasteiger partial charge in [-0.25, -0.2) is 9.67 Å². The van der Waals surface area contributed by atoms with Gasteiger partial charge in [0.05, 0.1) is 23.8 Å². The van der Waals surface area contributed by atoms with Gasteiger partial charge in [-0.3, -0.25) is 14.6 Å². The molecule has 8 heteroatoms. The van der Waals surface area contributed by atoms with Gasteiger partial charge in [0, 0.05) is 25.7 Å². The Hall–Kier alpha value is -3.55. The number of pyridine rings is 1. The first kappa shape index (κ1) is 17.8. The molecule has 1 atom stereocenters. The maximum absolute atomic E-state index is 12.6. The molecular formula is C20H20N6O2. The zero-order chi connectivity index (χ0) is 19.3. The molecule has 0 spiro atoms. The molecule has 1 fully saturated rings. The zero-order valence-electron chi connectivity index (χ0n) is 15.2. The van der Waals surface area contributed by atoms with Crippen molar-refractivity contribution in [3.63, 3.8) is 0 Å².